The molecule has 6 nitrogen and oxygen atoms in total. The molecule has 0 aliphatic carbocycles. The lowest BCUT2D eigenvalue weighted by Gasteiger charge is -2.26. The lowest BCUT2D eigenvalue weighted by atomic mass is 10.3. The molecule has 0 radical (unpaired) electrons. The average molecular weight is 425 g/mol. The van der Waals surface area contributed by atoms with Gasteiger partial charge in [0.05, 0.1) is 30.4 Å². The van der Waals surface area contributed by atoms with Crippen molar-refractivity contribution >= 4 is 28.3 Å². The monoisotopic (exact) mass is 424 g/mol. The van der Waals surface area contributed by atoms with Crippen molar-refractivity contribution < 1.29 is 17.9 Å². The first-order chi connectivity index (χ1) is 13.1. The Morgan fingerprint density at radius 2 is 1.86 bits per heavy atom. The molecule has 0 amide bonds. The molecule has 2 heterocycles. The highest BCUT2D eigenvalue weighted by molar-refractivity contribution is 7.94. The zero-order valence-corrected chi connectivity index (χ0v) is 17.2. The Labute approximate surface area is 172 Å². The van der Waals surface area contributed by atoms with E-state index >= 15 is 0 Å². The van der Waals surface area contributed by atoms with Crippen molar-refractivity contribution in [3.8, 4) is 5.75 Å². The van der Waals surface area contributed by atoms with Crippen LogP contribution >= 0.6 is 12.4 Å². The summed E-state index contributed by atoms with van der Waals surface area (Å²) in [5.41, 5.74) is 0.598. The van der Waals surface area contributed by atoms with E-state index in [0.29, 0.717) is 18.1 Å². The van der Waals surface area contributed by atoms with Gasteiger partial charge in [0.15, 0.2) is 9.84 Å². The molecule has 1 aliphatic heterocycles. The molecule has 0 N–H and O–H groups in total. The molecule has 0 atom stereocenters. The van der Waals surface area contributed by atoms with E-state index in [1.807, 2.05) is 6.07 Å². The van der Waals surface area contributed by atoms with E-state index in [1.165, 1.54) is 11.5 Å². The molecule has 0 bridgehead atoms. The molecule has 1 aromatic carbocycles. The zero-order chi connectivity index (χ0) is 19.0. The van der Waals surface area contributed by atoms with Crippen molar-refractivity contribution in [3.63, 3.8) is 0 Å². The summed E-state index contributed by atoms with van der Waals surface area (Å²) in [5, 5.41) is 1.17. The highest BCUT2D eigenvalue weighted by atomic mass is 35.5. The van der Waals surface area contributed by atoms with E-state index in [-0.39, 0.29) is 17.3 Å². The summed E-state index contributed by atoms with van der Waals surface area (Å²) in [4.78, 5) is 6.67. The van der Waals surface area contributed by atoms with Crippen LogP contribution in [0.3, 0.4) is 0 Å². The quantitative estimate of drug-likeness (QED) is 0.606. The molecule has 1 aliphatic rings. The predicted octanol–water partition coefficient (Wildman–Crippen LogP) is 3.05. The maximum atomic E-state index is 12.4. The third kappa shape index (κ3) is 6.91. The SMILES string of the molecule is Cl.O=S(=O)(/C=C/c1ccccn1)c1ccc(OCCCN2CCOCC2)cc1. The van der Waals surface area contributed by atoms with Crippen molar-refractivity contribution in [2.75, 3.05) is 39.5 Å². The fourth-order valence-corrected chi connectivity index (χ4v) is 3.73. The molecule has 0 unspecified atom stereocenters. The highest BCUT2D eigenvalue weighted by Gasteiger charge is 2.11. The second-order valence-corrected chi connectivity index (χ2v) is 8.06. The molecule has 8 heteroatoms. The second kappa shape index (κ2) is 11.2. The summed E-state index contributed by atoms with van der Waals surface area (Å²) in [5.74, 6) is 0.671. The number of aromatic nitrogens is 1. The third-order valence-corrected chi connectivity index (χ3v) is 5.67. The molecule has 152 valence electrons. The van der Waals surface area contributed by atoms with Crippen LogP contribution < -0.4 is 4.74 Å². The smallest absolute Gasteiger partial charge is 0.199 e. The first-order valence-corrected chi connectivity index (χ1v) is 10.6. The summed E-state index contributed by atoms with van der Waals surface area (Å²) >= 11 is 0. The van der Waals surface area contributed by atoms with E-state index in [1.54, 1.807) is 42.6 Å². The lowest BCUT2D eigenvalue weighted by molar-refractivity contribution is 0.0358. The molecule has 2 aromatic rings. The van der Waals surface area contributed by atoms with Gasteiger partial charge in [-0.2, -0.15) is 0 Å². The van der Waals surface area contributed by atoms with E-state index in [4.69, 9.17) is 9.47 Å². The number of morpholine rings is 1. The topological polar surface area (TPSA) is 68.7 Å². The van der Waals surface area contributed by atoms with Crippen LogP contribution in [0.15, 0.2) is 59.0 Å². The van der Waals surface area contributed by atoms with Crippen LogP contribution in [0.4, 0.5) is 0 Å². The second-order valence-electron chi connectivity index (χ2n) is 6.23. The number of ether oxygens (including phenoxy) is 2. The van der Waals surface area contributed by atoms with Gasteiger partial charge in [0.25, 0.3) is 0 Å². The van der Waals surface area contributed by atoms with Gasteiger partial charge in [-0.3, -0.25) is 9.88 Å². The van der Waals surface area contributed by atoms with Gasteiger partial charge in [-0.05, 0) is 48.9 Å². The van der Waals surface area contributed by atoms with Crippen LogP contribution in [0.2, 0.25) is 0 Å². The number of halogens is 1. The summed E-state index contributed by atoms with van der Waals surface area (Å²) in [6.45, 7) is 5.12. The van der Waals surface area contributed by atoms with E-state index < -0.39 is 9.84 Å². The first kappa shape index (κ1) is 22.4. The summed E-state index contributed by atoms with van der Waals surface area (Å²) in [6.07, 6.45) is 4.04. The predicted molar refractivity (Wildman–Crippen MR) is 112 cm³/mol. The van der Waals surface area contributed by atoms with Crippen molar-refractivity contribution in [3.05, 3.63) is 59.8 Å². The molecular formula is C20H25ClN2O4S. The first-order valence-electron chi connectivity index (χ1n) is 9.01. The Morgan fingerprint density at radius 3 is 2.54 bits per heavy atom. The molecule has 1 aromatic heterocycles. The number of hydrogen-bond donors (Lipinski definition) is 0. The van der Waals surface area contributed by atoms with Crippen molar-refractivity contribution in [1.82, 2.24) is 9.88 Å². The summed E-state index contributed by atoms with van der Waals surface area (Å²) in [6, 6.07) is 11.9. The van der Waals surface area contributed by atoms with Crippen LogP contribution in [0.5, 0.6) is 5.75 Å². The van der Waals surface area contributed by atoms with Gasteiger partial charge in [-0.25, -0.2) is 8.42 Å². The average Bonchev–Trinajstić information content (AvgIpc) is 2.72. The number of rotatable bonds is 8. The number of sulfone groups is 1. The zero-order valence-electron chi connectivity index (χ0n) is 15.6. The standard InChI is InChI=1S/C20H24N2O4S.ClH/c23-27(24,17-9-18-4-1-2-10-21-18)20-7-5-19(6-8-20)26-14-3-11-22-12-15-25-16-13-22;/h1-2,4-10,17H,3,11-16H2;1H/b17-9+;. The number of hydrogen-bond acceptors (Lipinski definition) is 6. The Balaban J connectivity index is 0.00000280. The van der Waals surface area contributed by atoms with E-state index in [2.05, 4.69) is 9.88 Å². The van der Waals surface area contributed by atoms with Crippen LogP contribution in [-0.2, 0) is 14.6 Å². The minimum atomic E-state index is -3.51. The van der Waals surface area contributed by atoms with Crippen molar-refractivity contribution in [2.24, 2.45) is 0 Å². The van der Waals surface area contributed by atoms with Gasteiger partial charge in [0, 0.05) is 31.2 Å². The van der Waals surface area contributed by atoms with Crippen LogP contribution in [-0.4, -0.2) is 57.8 Å². The van der Waals surface area contributed by atoms with Gasteiger partial charge in [0.2, 0.25) is 0 Å². The van der Waals surface area contributed by atoms with Crippen LogP contribution in [0.1, 0.15) is 12.1 Å². The van der Waals surface area contributed by atoms with Crippen molar-refractivity contribution in [1.29, 1.82) is 0 Å². The molecule has 3 rings (SSSR count). The fraction of sp³-hybridized carbons (Fsp3) is 0.350. The maximum Gasteiger partial charge on any atom is 0.199 e. The normalized spacial score (nSPS) is 15.3. The fourth-order valence-electron chi connectivity index (χ4n) is 2.74. The van der Waals surface area contributed by atoms with E-state index in [0.717, 1.165) is 39.3 Å². The minimum absolute atomic E-state index is 0. The van der Waals surface area contributed by atoms with Gasteiger partial charge in [-0.1, -0.05) is 6.07 Å². The number of nitrogens with zero attached hydrogens (tertiary/aromatic N) is 2. The summed E-state index contributed by atoms with van der Waals surface area (Å²) < 4.78 is 35.8. The lowest BCUT2D eigenvalue weighted by Crippen LogP contribution is -2.37. The molecule has 28 heavy (non-hydrogen) atoms. The Hall–Kier alpha value is -1.93. The van der Waals surface area contributed by atoms with Crippen LogP contribution in [0, 0.1) is 0 Å². The van der Waals surface area contributed by atoms with Crippen molar-refractivity contribution in [2.45, 2.75) is 11.3 Å². The molecular weight excluding hydrogens is 400 g/mol. The summed E-state index contributed by atoms with van der Waals surface area (Å²) in [7, 11) is -3.51. The maximum absolute atomic E-state index is 12.4. The van der Waals surface area contributed by atoms with Gasteiger partial charge in [0.1, 0.15) is 5.75 Å². The Kier molecular flexibility index (Phi) is 8.92. The molecule has 0 saturated carbocycles. The highest BCUT2D eigenvalue weighted by Crippen LogP contribution is 2.18. The van der Waals surface area contributed by atoms with Gasteiger partial charge >= 0.3 is 0 Å². The van der Waals surface area contributed by atoms with Gasteiger partial charge in [-0.15, -0.1) is 12.4 Å². The number of pyridine rings is 1. The number of benzene rings is 1. The largest absolute Gasteiger partial charge is 0.494 e. The van der Waals surface area contributed by atoms with E-state index in [9.17, 15) is 8.42 Å². The molecule has 0 spiro atoms. The Bertz CT molecular complexity index is 836. The van der Waals surface area contributed by atoms with Crippen LogP contribution in [0.25, 0.3) is 6.08 Å². The Morgan fingerprint density at radius 1 is 1.11 bits per heavy atom. The van der Waals surface area contributed by atoms with Gasteiger partial charge < -0.3 is 9.47 Å². The molecule has 1 fully saturated rings. The molecule has 1 saturated heterocycles. The minimum Gasteiger partial charge on any atom is -0.494 e. The third-order valence-electron chi connectivity index (χ3n) is 4.25.